The van der Waals surface area contributed by atoms with Crippen molar-refractivity contribution in [2.24, 2.45) is 7.05 Å². The Morgan fingerprint density at radius 1 is 1.04 bits per heavy atom. The fraction of sp³-hybridized carbons (Fsp3) is 0.318. The molecule has 0 saturated carbocycles. The van der Waals surface area contributed by atoms with Crippen molar-refractivity contribution in [3.8, 4) is 11.4 Å². The summed E-state index contributed by atoms with van der Waals surface area (Å²) in [6, 6.07) is 18.2. The summed E-state index contributed by atoms with van der Waals surface area (Å²) in [7, 11) is 1.96. The number of rotatable bonds is 5. The zero-order valence-electron chi connectivity index (χ0n) is 16.2. The molecule has 0 aliphatic carbocycles. The molecule has 1 aliphatic heterocycles. The topological polar surface area (TPSA) is 51.0 Å². The van der Waals surface area contributed by atoms with Gasteiger partial charge in [0.1, 0.15) is 5.25 Å². The van der Waals surface area contributed by atoms with Crippen molar-refractivity contribution in [2.75, 3.05) is 13.1 Å². The molecule has 28 heavy (non-hydrogen) atoms. The normalized spacial score (nSPS) is 15.0. The van der Waals surface area contributed by atoms with Crippen LogP contribution in [-0.2, 0) is 11.8 Å². The molecule has 1 amide bonds. The van der Waals surface area contributed by atoms with Crippen molar-refractivity contribution < 1.29 is 4.79 Å². The maximum absolute atomic E-state index is 13.2. The van der Waals surface area contributed by atoms with Crippen molar-refractivity contribution in [2.45, 2.75) is 30.2 Å². The fourth-order valence-electron chi connectivity index (χ4n) is 3.55. The van der Waals surface area contributed by atoms with Crippen LogP contribution in [0.2, 0.25) is 0 Å². The van der Waals surface area contributed by atoms with Crippen LogP contribution >= 0.6 is 11.8 Å². The SMILES string of the molecule is Cc1cccc(-c2nnc(S[C@H](C(=O)N3CCCC3)c3ccccc3)n2C)c1. The van der Waals surface area contributed by atoms with E-state index in [1.807, 2.05) is 59.0 Å². The first-order valence-electron chi connectivity index (χ1n) is 9.60. The smallest absolute Gasteiger partial charge is 0.240 e. The summed E-state index contributed by atoms with van der Waals surface area (Å²) in [6.45, 7) is 3.75. The zero-order chi connectivity index (χ0) is 19.5. The average Bonchev–Trinajstić information content (AvgIpc) is 3.37. The van der Waals surface area contributed by atoms with Gasteiger partial charge in [-0.15, -0.1) is 10.2 Å². The highest BCUT2D eigenvalue weighted by Gasteiger charge is 2.30. The van der Waals surface area contributed by atoms with Gasteiger partial charge in [0.25, 0.3) is 0 Å². The second-order valence-corrected chi connectivity index (χ2v) is 8.25. The van der Waals surface area contributed by atoms with Crippen molar-refractivity contribution in [3.05, 3.63) is 65.7 Å². The van der Waals surface area contributed by atoms with Gasteiger partial charge in [-0.1, -0.05) is 65.9 Å². The molecule has 2 aromatic carbocycles. The summed E-state index contributed by atoms with van der Waals surface area (Å²) in [6.07, 6.45) is 2.17. The third kappa shape index (κ3) is 3.83. The number of thioether (sulfide) groups is 1. The molecule has 2 heterocycles. The maximum atomic E-state index is 13.2. The van der Waals surface area contributed by atoms with Gasteiger partial charge in [0.05, 0.1) is 0 Å². The molecule has 144 valence electrons. The average molecular weight is 393 g/mol. The number of benzene rings is 2. The van der Waals surface area contributed by atoms with E-state index in [0.29, 0.717) is 0 Å². The van der Waals surface area contributed by atoms with Gasteiger partial charge in [0.15, 0.2) is 11.0 Å². The number of hydrogen-bond acceptors (Lipinski definition) is 4. The van der Waals surface area contributed by atoms with E-state index in [1.54, 1.807) is 0 Å². The molecule has 0 radical (unpaired) electrons. The van der Waals surface area contributed by atoms with Crippen LogP contribution in [-0.4, -0.2) is 38.7 Å². The van der Waals surface area contributed by atoms with Crippen molar-refractivity contribution in [1.82, 2.24) is 19.7 Å². The number of hydrogen-bond donors (Lipinski definition) is 0. The van der Waals surface area contributed by atoms with Crippen LogP contribution in [0, 0.1) is 6.92 Å². The second kappa shape index (κ2) is 8.19. The highest BCUT2D eigenvalue weighted by Crippen LogP contribution is 2.37. The number of aromatic nitrogens is 3. The summed E-state index contributed by atoms with van der Waals surface area (Å²) in [5, 5.41) is 9.23. The predicted molar refractivity (Wildman–Crippen MR) is 112 cm³/mol. The van der Waals surface area contributed by atoms with Crippen molar-refractivity contribution in [3.63, 3.8) is 0 Å². The molecule has 0 unspecified atom stereocenters. The monoisotopic (exact) mass is 392 g/mol. The van der Waals surface area contributed by atoms with E-state index in [-0.39, 0.29) is 11.2 Å². The lowest BCUT2D eigenvalue weighted by molar-refractivity contribution is -0.129. The van der Waals surface area contributed by atoms with Crippen molar-refractivity contribution in [1.29, 1.82) is 0 Å². The van der Waals surface area contributed by atoms with Gasteiger partial charge in [-0.2, -0.15) is 0 Å². The Labute approximate surface area is 169 Å². The Hall–Kier alpha value is -2.60. The van der Waals surface area contributed by atoms with Crippen LogP contribution in [0.5, 0.6) is 0 Å². The minimum absolute atomic E-state index is 0.161. The highest BCUT2D eigenvalue weighted by atomic mass is 32.2. The molecule has 1 saturated heterocycles. The van der Waals surface area contributed by atoms with Gasteiger partial charge in [0.2, 0.25) is 5.91 Å². The van der Waals surface area contributed by atoms with Crippen LogP contribution in [0.3, 0.4) is 0 Å². The molecular formula is C22H24N4OS. The van der Waals surface area contributed by atoms with Crippen molar-refractivity contribution >= 4 is 17.7 Å². The Bertz CT molecular complexity index is 964. The van der Waals surface area contributed by atoms with E-state index >= 15 is 0 Å². The molecule has 1 fully saturated rings. The van der Waals surface area contributed by atoms with Gasteiger partial charge in [0, 0.05) is 25.7 Å². The van der Waals surface area contributed by atoms with Crippen LogP contribution in [0.4, 0.5) is 0 Å². The molecule has 0 N–H and O–H groups in total. The molecule has 0 bridgehead atoms. The fourth-order valence-corrected chi connectivity index (χ4v) is 4.64. The molecule has 1 aliphatic rings. The summed E-state index contributed by atoms with van der Waals surface area (Å²) < 4.78 is 1.98. The Balaban J connectivity index is 1.65. The van der Waals surface area contributed by atoms with Crippen LogP contribution in [0.1, 0.15) is 29.2 Å². The molecule has 6 heteroatoms. The number of carbonyl (C=O) groups excluding carboxylic acids is 1. The molecule has 1 aromatic heterocycles. The zero-order valence-corrected chi connectivity index (χ0v) is 17.0. The molecule has 1 atom stereocenters. The van der Waals surface area contributed by atoms with Gasteiger partial charge in [-0.3, -0.25) is 4.79 Å². The molecule has 0 spiro atoms. The maximum Gasteiger partial charge on any atom is 0.240 e. The minimum Gasteiger partial charge on any atom is -0.341 e. The molecular weight excluding hydrogens is 368 g/mol. The van der Waals surface area contributed by atoms with Crippen LogP contribution in [0.15, 0.2) is 59.8 Å². The summed E-state index contributed by atoms with van der Waals surface area (Å²) in [5.41, 5.74) is 3.22. The van der Waals surface area contributed by atoms with Gasteiger partial charge >= 0.3 is 0 Å². The number of likely N-dealkylation sites (tertiary alicyclic amines) is 1. The van der Waals surface area contributed by atoms with Gasteiger partial charge < -0.3 is 9.47 Å². The molecule has 5 nitrogen and oxygen atoms in total. The van der Waals surface area contributed by atoms with E-state index in [0.717, 1.165) is 48.0 Å². The van der Waals surface area contributed by atoms with Gasteiger partial charge in [-0.25, -0.2) is 0 Å². The Kier molecular flexibility index (Phi) is 5.48. The first-order valence-corrected chi connectivity index (χ1v) is 10.5. The lowest BCUT2D eigenvalue weighted by Crippen LogP contribution is -2.31. The highest BCUT2D eigenvalue weighted by molar-refractivity contribution is 8.00. The summed E-state index contributed by atoms with van der Waals surface area (Å²) in [4.78, 5) is 15.2. The van der Waals surface area contributed by atoms with E-state index in [1.165, 1.54) is 17.3 Å². The van der Waals surface area contributed by atoms with Crippen LogP contribution < -0.4 is 0 Å². The van der Waals surface area contributed by atoms with Crippen LogP contribution in [0.25, 0.3) is 11.4 Å². The quantitative estimate of drug-likeness (QED) is 0.609. The standard InChI is InChI=1S/C22H24N4OS/c1-16-9-8-12-18(15-16)20-23-24-22(25(20)2)28-19(17-10-4-3-5-11-17)21(27)26-13-6-7-14-26/h3-5,8-12,15,19H,6-7,13-14H2,1-2H3/t19-/m0/s1. The lowest BCUT2D eigenvalue weighted by Gasteiger charge is -2.22. The minimum atomic E-state index is -0.312. The third-order valence-electron chi connectivity index (χ3n) is 5.08. The second-order valence-electron chi connectivity index (χ2n) is 7.18. The third-order valence-corrected chi connectivity index (χ3v) is 6.35. The summed E-state index contributed by atoms with van der Waals surface area (Å²) >= 11 is 1.48. The van der Waals surface area contributed by atoms with E-state index < -0.39 is 0 Å². The Morgan fingerprint density at radius 3 is 2.50 bits per heavy atom. The summed E-state index contributed by atoms with van der Waals surface area (Å²) in [5.74, 6) is 0.973. The largest absolute Gasteiger partial charge is 0.341 e. The van der Waals surface area contributed by atoms with E-state index in [2.05, 4.69) is 29.3 Å². The number of amides is 1. The van der Waals surface area contributed by atoms with E-state index in [4.69, 9.17) is 0 Å². The molecule has 4 rings (SSSR count). The van der Waals surface area contributed by atoms with Gasteiger partial charge in [-0.05, 0) is 31.4 Å². The lowest BCUT2D eigenvalue weighted by atomic mass is 10.1. The first kappa shape index (κ1) is 18.7. The first-order chi connectivity index (χ1) is 13.6. The van der Waals surface area contributed by atoms with E-state index in [9.17, 15) is 4.79 Å². The number of carbonyl (C=O) groups is 1. The Morgan fingerprint density at radius 2 is 1.79 bits per heavy atom. The number of nitrogens with zero attached hydrogens (tertiary/aromatic N) is 4. The molecule has 3 aromatic rings. The predicted octanol–water partition coefficient (Wildman–Crippen LogP) is 4.25. The number of aryl methyl sites for hydroxylation is 1.